The molecule has 1 aromatic carbocycles. The Hall–Kier alpha value is -2.21. The Morgan fingerprint density at radius 1 is 1.24 bits per heavy atom. The topological polar surface area (TPSA) is 56.3 Å². The number of benzene rings is 1. The standard InChI is InChI=1S/C15H18FN3O2/c1-4-17-15(11-8-13(21-3)19-9-18-11)10-6-5-7-12(20-2)14(10)16/h5-9,15,17H,4H2,1-3H3. The minimum absolute atomic E-state index is 0.205. The molecule has 0 saturated heterocycles. The van der Waals surface area contributed by atoms with Crippen molar-refractivity contribution in [2.45, 2.75) is 13.0 Å². The van der Waals surface area contributed by atoms with E-state index < -0.39 is 11.9 Å². The molecule has 0 bridgehead atoms. The molecule has 0 aliphatic heterocycles. The lowest BCUT2D eigenvalue weighted by Gasteiger charge is -2.19. The van der Waals surface area contributed by atoms with E-state index >= 15 is 0 Å². The van der Waals surface area contributed by atoms with Gasteiger partial charge in [0, 0.05) is 11.6 Å². The molecule has 112 valence electrons. The van der Waals surface area contributed by atoms with Crippen molar-refractivity contribution in [3.63, 3.8) is 0 Å². The molecule has 0 aliphatic carbocycles. The molecule has 0 fully saturated rings. The first kappa shape index (κ1) is 15.2. The van der Waals surface area contributed by atoms with Gasteiger partial charge in [-0.05, 0) is 12.6 Å². The van der Waals surface area contributed by atoms with E-state index in [2.05, 4.69) is 15.3 Å². The molecule has 2 aromatic rings. The highest BCUT2D eigenvalue weighted by Gasteiger charge is 2.21. The lowest BCUT2D eigenvalue weighted by molar-refractivity contribution is 0.380. The zero-order valence-corrected chi connectivity index (χ0v) is 12.3. The van der Waals surface area contributed by atoms with Crippen molar-refractivity contribution in [1.29, 1.82) is 0 Å². The van der Waals surface area contributed by atoms with Gasteiger partial charge in [-0.15, -0.1) is 0 Å². The second-order valence-electron chi connectivity index (χ2n) is 4.34. The van der Waals surface area contributed by atoms with E-state index in [1.807, 2.05) is 6.92 Å². The Bertz CT molecular complexity index is 607. The molecule has 21 heavy (non-hydrogen) atoms. The van der Waals surface area contributed by atoms with E-state index in [1.165, 1.54) is 20.5 Å². The fourth-order valence-electron chi connectivity index (χ4n) is 2.11. The number of methoxy groups -OCH3 is 2. The van der Waals surface area contributed by atoms with Gasteiger partial charge in [0.2, 0.25) is 5.88 Å². The van der Waals surface area contributed by atoms with Crippen LogP contribution in [0.4, 0.5) is 4.39 Å². The predicted octanol–water partition coefficient (Wildman–Crippen LogP) is 2.33. The van der Waals surface area contributed by atoms with E-state index in [0.29, 0.717) is 23.7 Å². The summed E-state index contributed by atoms with van der Waals surface area (Å²) in [6, 6.07) is 6.33. The van der Waals surface area contributed by atoms with Crippen LogP contribution in [0.1, 0.15) is 24.2 Å². The van der Waals surface area contributed by atoms with Gasteiger partial charge in [-0.25, -0.2) is 14.4 Å². The summed E-state index contributed by atoms with van der Waals surface area (Å²) in [5.41, 5.74) is 1.10. The largest absolute Gasteiger partial charge is 0.494 e. The van der Waals surface area contributed by atoms with Crippen molar-refractivity contribution >= 4 is 0 Å². The van der Waals surface area contributed by atoms with Gasteiger partial charge in [0.05, 0.1) is 26.0 Å². The molecular formula is C15H18FN3O2. The van der Waals surface area contributed by atoms with Crippen LogP contribution in [0.2, 0.25) is 0 Å². The highest BCUT2D eigenvalue weighted by atomic mass is 19.1. The summed E-state index contributed by atoms with van der Waals surface area (Å²) in [6.07, 6.45) is 1.40. The van der Waals surface area contributed by atoms with E-state index in [0.717, 1.165) is 0 Å². The number of aromatic nitrogens is 2. The Balaban J connectivity index is 2.47. The van der Waals surface area contributed by atoms with Crippen LogP contribution in [0.3, 0.4) is 0 Å². The van der Waals surface area contributed by atoms with E-state index in [-0.39, 0.29) is 5.75 Å². The first-order valence-corrected chi connectivity index (χ1v) is 6.63. The molecule has 2 rings (SSSR count). The average Bonchev–Trinajstić information content (AvgIpc) is 2.53. The lowest BCUT2D eigenvalue weighted by atomic mass is 10.0. The lowest BCUT2D eigenvalue weighted by Crippen LogP contribution is -2.24. The SMILES string of the molecule is CCNC(c1cc(OC)ncn1)c1cccc(OC)c1F. The van der Waals surface area contributed by atoms with Crippen LogP contribution >= 0.6 is 0 Å². The summed E-state index contributed by atoms with van der Waals surface area (Å²) in [5, 5.41) is 3.22. The van der Waals surface area contributed by atoms with E-state index in [9.17, 15) is 4.39 Å². The number of nitrogens with zero attached hydrogens (tertiary/aromatic N) is 2. The molecule has 1 N–H and O–H groups in total. The maximum atomic E-state index is 14.5. The Morgan fingerprint density at radius 3 is 2.71 bits per heavy atom. The minimum Gasteiger partial charge on any atom is -0.494 e. The zero-order valence-electron chi connectivity index (χ0n) is 12.3. The number of nitrogens with one attached hydrogen (secondary N) is 1. The Morgan fingerprint density at radius 2 is 2.05 bits per heavy atom. The van der Waals surface area contributed by atoms with Crippen molar-refractivity contribution in [2.75, 3.05) is 20.8 Å². The van der Waals surface area contributed by atoms with Crippen LogP contribution in [0.5, 0.6) is 11.6 Å². The highest BCUT2D eigenvalue weighted by Crippen LogP contribution is 2.29. The molecule has 1 aromatic heterocycles. The molecule has 0 amide bonds. The van der Waals surface area contributed by atoms with Crippen LogP contribution in [-0.2, 0) is 0 Å². The maximum absolute atomic E-state index is 14.5. The summed E-state index contributed by atoms with van der Waals surface area (Å²) in [7, 11) is 2.97. The molecule has 0 radical (unpaired) electrons. The van der Waals surface area contributed by atoms with Gasteiger partial charge in [0.15, 0.2) is 11.6 Å². The summed E-state index contributed by atoms with van der Waals surface area (Å²) >= 11 is 0. The maximum Gasteiger partial charge on any atom is 0.216 e. The Labute approximate surface area is 123 Å². The second kappa shape index (κ2) is 6.99. The summed E-state index contributed by atoms with van der Waals surface area (Å²) in [4.78, 5) is 8.19. The molecule has 1 atom stereocenters. The molecule has 0 saturated carbocycles. The molecule has 1 heterocycles. The van der Waals surface area contributed by atoms with Gasteiger partial charge >= 0.3 is 0 Å². The predicted molar refractivity (Wildman–Crippen MR) is 77.1 cm³/mol. The van der Waals surface area contributed by atoms with Crippen LogP contribution in [0.25, 0.3) is 0 Å². The second-order valence-corrected chi connectivity index (χ2v) is 4.34. The van der Waals surface area contributed by atoms with Crippen molar-refractivity contribution in [2.24, 2.45) is 0 Å². The minimum atomic E-state index is -0.401. The highest BCUT2D eigenvalue weighted by molar-refractivity contribution is 5.37. The summed E-state index contributed by atoms with van der Waals surface area (Å²) < 4.78 is 24.6. The number of ether oxygens (including phenoxy) is 2. The molecular weight excluding hydrogens is 273 g/mol. The fraction of sp³-hybridized carbons (Fsp3) is 0.333. The molecule has 0 aliphatic rings. The quantitative estimate of drug-likeness (QED) is 0.885. The van der Waals surface area contributed by atoms with Gasteiger partial charge < -0.3 is 14.8 Å². The molecule has 5 nitrogen and oxygen atoms in total. The fourth-order valence-corrected chi connectivity index (χ4v) is 2.11. The first-order chi connectivity index (χ1) is 10.2. The van der Waals surface area contributed by atoms with Gasteiger partial charge in [-0.1, -0.05) is 19.1 Å². The van der Waals surface area contributed by atoms with E-state index in [1.54, 1.807) is 24.3 Å². The van der Waals surface area contributed by atoms with Crippen LogP contribution in [0.15, 0.2) is 30.6 Å². The molecule has 0 spiro atoms. The average molecular weight is 291 g/mol. The van der Waals surface area contributed by atoms with Crippen molar-refractivity contribution < 1.29 is 13.9 Å². The third-order valence-electron chi connectivity index (χ3n) is 3.10. The van der Waals surface area contributed by atoms with Gasteiger partial charge in [-0.3, -0.25) is 0 Å². The van der Waals surface area contributed by atoms with Crippen molar-refractivity contribution in [3.8, 4) is 11.6 Å². The number of halogens is 1. The normalized spacial score (nSPS) is 12.0. The molecule has 1 unspecified atom stereocenters. The smallest absolute Gasteiger partial charge is 0.216 e. The monoisotopic (exact) mass is 291 g/mol. The van der Waals surface area contributed by atoms with E-state index in [4.69, 9.17) is 9.47 Å². The van der Waals surface area contributed by atoms with Gasteiger partial charge in [0.25, 0.3) is 0 Å². The first-order valence-electron chi connectivity index (χ1n) is 6.63. The van der Waals surface area contributed by atoms with Crippen LogP contribution in [-0.4, -0.2) is 30.7 Å². The third-order valence-corrected chi connectivity index (χ3v) is 3.10. The van der Waals surface area contributed by atoms with Crippen LogP contribution < -0.4 is 14.8 Å². The van der Waals surface area contributed by atoms with Crippen molar-refractivity contribution in [1.82, 2.24) is 15.3 Å². The summed E-state index contributed by atoms with van der Waals surface area (Å²) in [5.74, 6) is 0.242. The van der Waals surface area contributed by atoms with Gasteiger partial charge in [0.1, 0.15) is 6.33 Å². The number of hydrogen-bond donors (Lipinski definition) is 1. The Kier molecular flexibility index (Phi) is 5.05. The zero-order chi connectivity index (χ0) is 15.2. The van der Waals surface area contributed by atoms with Crippen molar-refractivity contribution in [3.05, 3.63) is 47.7 Å². The molecule has 6 heteroatoms. The van der Waals surface area contributed by atoms with Crippen LogP contribution in [0, 0.1) is 5.82 Å². The number of rotatable bonds is 6. The number of hydrogen-bond acceptors (Lipinski definition) is 5. The van der Waals surface area contributed by atoms with Gasteiger partial charge in [-0.2, -0.15) is 0 Å². The summed E-state index contributed by atoms with van der Waals surface area (Å²) in [6.45, 7) is 2.61. The third kappa shape index (κ3) is 3.28.